The quantitative estimate of drug-likeness (QED) is 0.790. The number of hydrogen-bond acceptors (Lipinski definition) is 3. The summed E-state index contributed by atoms with van der Waals surface area (Å²) >= 11 is 0. The predicted octanol–water partition coefficient (Wildman–Crippen LogP) is 1.05. The molecule has 0 aromatic carbocycles. The summed E-state index contributed by atoms with van der Waals surface area (Å²) in [6.07, 6.45) is 2.22. The first-order chi connectivity index (χ1) is 7.38. The molecule has 1 rings (SSSR count). The van der Waals surface area contributed by atoms with Crippen molar-refractivity contribution < 1.29 is 18.3 Å². The fourth-order valence-corrected chi connectivity index (χ4v) is 4.26. The van der Waals surface area contributed by atoms with E-state index in [2.05, 4.69) is 0 Å². The minimum atomic E-state index is -3.41. The van der Waals surface area contributed by atoms with E-state index in [-0.39, 0.29) is 24.3 Å². The maximum Gasteiger partial charge on any atom is 0.304 e. The number of carboxylic acids is 1. The SMILES string of the molecule is CCC1CCC(C)N1S(=O)(=O)CCC(=O)O. The zero-order valence-electron chi connectivity index (χ0n) is 9.72. The van der Waals surface area contributed by atoms with Crippen LogP contribution in [-0.4, -0.2) is 41.6 Å². The van der Waals surface area contributed by atoms with E-state index in [0.717, 1.165) is 19.3 Å². The molecule has 0 radical (unpaired) electrons. The van der Waals surface area contributed by atoms with Crippen molar-refractivity contribution in [3.05, 3.63) is 0 Å². The van der Waals surface area contributed by atoms with E-state index < -0.39 is 16.0 Å². The summed E-state index contributed by atoms with van der Waals surface area (Å²) in [6, 6.07) is 0.0533. The highest BCUT2D eigenvalue weighted by atomic mass is 32.2. The molecule has 16 heavy (non-hydrogen) atoms. The second-order valence-corrected chi connectivity index (χ2v) is 6.27. The van der Waals surface area contributed by atoms with Crippen molar-refractivity contribution >= 4 is 16.0 Å². The summed E-state index contributed by atoms with van der Waals surface area (Å²) < 4.78 is 25.5. The van der Waals surface area contributed by atoms with Gasteiger partial charge in [-0.25, -0.2) is 8.42 Å². The number of rotatable bonds is 5. The average molecular weight is 249 g/mol. The lowest BCUT2D eigenvalue weighted by Gasteiger charge is -2.26. The lowest BCUT2D eigenvalue weighted by molar-refractivity contribution is -0.136. The van der Waals surface area contributed by atoms with Crippen molar-refractivity contribution in [2.45, 2.75) is 51.6 Å². The summed E-state index contributed by atoms with van der Waals surface area (Å²) in [4.78, 5) is 10.4. The molecule has 0 aromatic rings. The van der Waals surface area contributed by atoms with Crippen LogP contribution in [0.4, 0.5) is 0 Å². The Hall–Kier alpha value is -0.620. The molecule has 1 fully saturated rings. The molecule has 1 N–H and O–H groups in total. The normalized spacial score (nSPS) is 27.1. The fourth-order valence-electron chi connectivity index (χ4n) is 2.26. The number of nitrogens with zero attached hydrogens (tertiary/aromatic N) is 1. The van der Waals surface area contributed by atoms with E-state index in [1.807, 2.05) is 13.8 Å². The molecule has 0 saturated carbocycles. The lowest BCUT2D eigenvalue weighted by Crippen LogP contribution is -2.41. The smallest absolute Gasteiger partial charge is 0.304 e. The molecule has 5 nitrogen and oxygen atoms in total. The Bertz CT molecular complexity index is 352. The van der Waals surface area contributed by atoms with Gasteiger partial charge in [0.25, 0.3) is 0 Å². The molecular formula is C10H19NO4S. The van der Waals surface area contributed by atoms with E-state index in [0.29, 0.717) is 0 Å². The molecule has 2 unspecified atom stereocenters. The third-order valence-corrected chi connectivity index (χ3v) is 5.10. The topological polar surface area (TPSA) is 74.7 Å². The van der Waals surface area contributed by atoms with Crippen LogP contribution >= 0.6 is 0 Å². The number of hydrogen-bond donors (Lipinski definition) is 1. The summed E-state index contributed by atoms with van der Waals surface area (Å²) in [6.45, 7) is 3.84. The molecule has 1 aliphatic heterocycles. The zero-order valence-corrected chi connectivity index (χ0v) is 10.5. The number of carboxylic acid groups (broad SMARTS) is 1. The van der Waals surface area contributed by atoms with Crippen molar-refractivity contribution in [3.8, 4) is 0 Å². The summed E-state index contributed by atoms with van der Waals surface area (Å²) in [5.74, 6) is -1.35. The third-order valence-electron chi connectivity index (χ3n) is 3.08. The molecule has 0 amide bonds. The maximum atomic E-state index is 12.0. The van der Waals surface area contributed by atoms with Crippen molar-refractivity contribution in [2.75, 3.05) is 5.75 Å². The van der Waals surface area contributed by atoms with Crippen LogP contribution < -0.4 is 0 Å². The second-order valence-electron chi connectivity index (χ2n) is 4.28. The van der Waals surface area contributed by atoms with Gasteiger partial charge in [-0.15, -0.1) is 0 Å². The van der Waals surface area contributed by atoms with Crippen molar-refractivity contribution in [2.24, 2.45) is 0 Å². The van der Waals surface area contributed by atoms with Crippen LogP contribution in [0, 0.1) is 0 Å². The maximum absolute atomic E-state index is 12.0. The Morgan fingerprint density at radius 1 is 1.44 bits per heavy atom. The fraction of sp³-hybridized carbons (Fsp3) is 0.900. The zero-order chi connectivity index (χ0) is 12.3. The van der Waals surface area contributed by atoms with Crippen LogP contribution in [0.1, 0.15) is 39.5 Å². The Morgan fingerprint density at radius 2 is 2.06 bits per heavy atom. The van der Waals surface area contributed by atoms with Gasteiger partial charge in [-0.1, -0.05) is 6.92 Å². The van der Waals surface area contributed by atoms with E-state index in [9.17, 15) is 13.2 Å². The Labute approximate surface area is 96.5 Å². The summed E-state index contributed by atoms with van der Waals surface area (Å²) in [5.41, 5.74) is 0. The Balaban J connectivity index is 2.76. The minimum absolute atomic E-state index is 0.00347. The molecule has 0 spiro atoms. The highest BCUT2D eigenvalue weighted by molar-refractivity contribution is 7.89. The molecule has 2 atom stereocenters. The predicted molar refractivity (Wildman–Crippen MR) is 60.7 cm³/mol. The van der Waals surface area contributed by atoms with Crippen molar-refractivity contribution in [3.63, 3.8) is 0 Å². The van der Waals surface area contributed by atoms with Gasteiger partial charge in [0.1, 0.15) is 0 Å². The van der Waals surface area contributed by atoms with Crippen molar-refractivity contribution in [1.29, 1.82) is 0 Å². The van der Waals surface area contributed by atoms with E-state index in [4.69, 9.17) is 5.11 Å². The molecule has 1 aliphatic rings. The molecule has 0 bridgehead atoms. The Kier molecular flexibility index (Phi) is 4.32. The first-order valence-corrected chi connectivity index (χ1v) is 7.22. The molecule has 1 saturated heterocycles. The Morgan fingerprint density at radius 3 is 2.56 bits per heavy atom. The standard InChI is InChI=1S/C10H19NO4S/c1-3-9-5-4-8(2)11(9)16(14,15)7-6-10(12)13/h8-9H,3-7H2,1-2H3,(H,12,13). The van der Waals surface area contributed by atoms with Crippen LogP contribution in [0.25, 0.3) is 0 Å². The van der Waals surface area contributed by atoms with Gasteiger partial charge in [0.15, 0.2) is 0 Å². The summed E-state index contributed by atoms with van der Waals surface area (Å²) in [5, 5.41) is 8.53. The molecular weight excluding hydrogens is 230 g/mol. The van der Waals surface area contributed by atoms with Gasteiger partial charge in [0.05, 0.1) is 12.2 Å². The van der Waals surface area contributed by atoms with Crippen LogP contribution in [-0.2, 0) is 14.8 Å². The van der Waals surface area contributed by atoms with Gasteiger partial charge in [0.2, 0.25) is 10.0 Å². The number of sulfonamides is 1. The van der Waals surface area contributed by atoms with Gasteiger partial charge < -0.3 is 5.11 Å². The van der Waals surface area contributed by atoms with Crippen molar-refractivity contribution in [1.82, 2.24) is 4.31 Å². The van der Waals surface area contributed by atoms with Gasteiger partial charge in [-0.2, -0.15) is 4.31 Å². The van der Waals surface area contributed by atoms with Gasteiger partial charge in [-0.05, 0) is 26.2 Å². The first kappa shape index (κ1) is 13.4. The first-order valence-electron chi connectivity index (χ1n) is 5.61. The van der Waals surface area contributed by atoms with E-state index in [1.54, 1.807) is 0 Å². The highest BCUT2D eigenvalue weighted by Gasteiger charge is 2.37. The molecule has 6 heteroatoms. The largest absolute Gasteiger partial charge is 0.481 e. The minimum Gasteiger partial charge on any atom is -0.481 e. The molecule has 0 aliphatic carbocycles. The van der Waals surface area contributed by atoms with Gasteiger partial charge in [-0.3, -0.25) is 4.79 Å². The average Bonchev–Trinajstić information content (AvgIpc) is 2.57. The monoisotopic (exact) mass is 249 g/mol. The second kappa shape index (κ2) is 5.14. The molecule has 1 heterocycles. The third kappa shape index (κ3) is 2.95. The van der Waals surface area contributed by atoms with Crippen LogP contribution in [0.5, 0.6) is 0 Å². The van der Waals surface area contributed by atoms with Gasteiger partial charge >= 0.3 is 5.97 Å². The van der Waals surface area contributed by atoms with Crippen LogP contribution in [0.3, 0.4) is 0 Å². The van der Waals surface area contributed by atoms with E-state index >= 15 is 0 Å². The number of carbonyl (C=O) groups is 1. The molecule has 94 valence electrons. The molecule has 0 aromatic heterocycles. The van der Waals surface area contributed by atoms with Gasteiger partial charge in [0, 0.05) is 12.1 Å². The number of aliphatic carboxylic acids is 1. The highest BCUT2D eigenvalue weighted by Crippen LogP contribution is 2.29. The van der Waals surface area contributed by atoms with Crippen LogP contribution in [0.2, 0.25) is 0 Å². The van der Waals surface area contributed by atoms with E-state index in [1.165, 1.54) is 4.31 Å². The summed E-state index contributed by atoms with van der Waals surface area (Å²) in [7, 11) is -3.41. The van der Waals surface area contributed by atoms with Crippen LogP contribution in [0.15, 0.2) is 0 Å². The lowest BCUT2D eigenvalue weighted by atomic mass is 10.2.